The Morgan fingerprint density at radius 1 is 1.41 bits per heavy atom. The molecule has 0 bridgehead atoms. The molecule has 0 saturated carbocycles. The Labute approximate surface area is 129 Å². The van der Waals surface area contributed by atoms with Crippen LogP contribution in [0.2, 0.25) is 0 Å². The van der Waals surface area contributed by atoms with Crippen molar-refractivity contribution in [2.45, 2.75) is 32.7 Å². The highest BCUT2D eigenvalue weighted by atomic mass is 16.1. The van der Waals surface area contributed by atoms with Gasteiger partial charge < -0.3 is 5.32 Å². The molecule has 6 heteroatoms. The number of hydrogen-bond acceptors (Lipinski definition) is 4. The zero-order valence-electron chi connectivity index (χ0n) is 12.6. The lowest BCUT2D eigenvalue weighted by Gasteiger charge is -2.18. The fourth-order valence-electron chi connectivity index (χ4n) is 2.58. The van der Waals surface area contributed by atoms with Crippen molar-refractivity contribution in [3.63, 3.8) is 0 Å². The highest BCUT2D eigenvalue weighted by Gasteiger charge is 2.19. The third-order valence-electron chi connectivity index (χ3n) is 3.82. The Morgan fingerprint density at radius 3 is 3.05 bits per heavy atom. The van der Waals surface area contributed by atoms with E-state index in [1.807, 2.05) is 19.1 Å². The molecule has 1 N–H and O–H groups in total. The number of carbonyl (C=O) groups excluding carboxylic acids is 1. The van der Waals surface area contributed by atoms with E-state index in [1.165, 1.54) is 6.33 Å². The third-order valence-corrected chi connectivity index (χ3v) is 3.82. The number of nitrogens with zero attached hydrogens (tertiary/aromatic N) is 4. The lowest BCUT2D eigenvalue weighted by atomic mass is 9.93. The first-order valence-corrected chi connectivity index (χ1v) is 7.48. The van der Waals surface area contributed by atoms with Crippen LogP contribution in [0.1, 0.15) is 30.5 Å². The van der Waals surface area contributed by atoms with Gasteiger partial charge in [-0.25, -0.2) is 14.6 Å². The number of allylic oxidation sites excluding steroid dienone is 2. The Morgan fingerprint density at radius 2 is 2.32 bits per heavy atom. The van der Waals surface area contributed by atoms with Gasteiger partial charge >= 0.3 is 0 Å². The van der Waals surface area contributed by atoms with E-state index in [0.717, 1.165) is 30.5 Å². The molecule has 1 atom stereocenters. The van der Waals surface area contributed by atoms with E-state index < -0.39 is 0 Å². The van der Waals surface area contributed by atoms with Crippen molar-refractivity contribution < 1.29 is 4.79 Å². The first-order chi connectivity index (χ1) is 10.7. The van der Waals surface area contributed by atoms with Crippen molar-refractivity contribution in [3.05, 3.63) is 48.2 Å². The predicted molar refractivity (Wildman–Crippen MR) is 82.2 cm³/mol. The molecule has 0 aliphatic heterocycles. The van der Waals surface area contributed by atoms with E-state index in [4.69, 9.17) is 0 Å². The van der Waals surface area contributed by atoms with Gasteiger partial charge in [0.15, 0.2) is 5.82 Å². The molecule has 3 rings (SSSR count). The van der Waals surface area contributed by atoms with Crippen LogP contribution in [0.15, 0.2) is 36.9 Å². The number of hydrogen-bond donors (Lipinski definition) is 1. The highest BCUT2D eigenvalue weighted by molar-refractivity contribution is 5.79. The van der Waals surface area contributed by atoms with Gasteiger partial charge in [-0.2, -0.15) is 5.10 Å². The molecule has 0 radical (unpaired) electrons. The van der Waals surface area contributed by atoms with Gasteiger partial charge in [0.25, 0.3) is 0 Å². The average molecular weight is 297 g/mol. The minimum atomic E-state index is 0.0817. The molecule has 1 aliphatic carbocycles. The van der Waals surface area contributed by atoms with Crippen LogP contribution in [0, 0.1) is 12.8 Å². The van der Waals surface area contributed by atoms with Gasteiger partial charge in [-0.3, -0.25) is 4.79 Å². The molecule has 6 nitrogen and oxygen atoms in total. The van der Waals surface area contributed by atoms with Crippen LogP contribution >= 0.6 is 0 Å². The summed E-state index contributed by atoms with van der Waals surface area (Å²) in [5, 5.41) is 7.14. The molecule has 2 aromatic rings. The van der Waals surface area contributed by atoms with Gasteiger partial charge in [0.2, 0.25) is 5.91 Å². The Bertz CT molecular complexity index is 678. The Balaban J connectivity index is 1.72. The van der Waals surface area contributed by atoms with Gasteiger partial charge in [-0.05, 0) is 32.3 Å². The smallest absolute Gasteiger partial charge is 0.223 e. The first-order valence-electron chi connectivity index (χ1n) is 7.48. The minimum Gasteiger partial charge on any atom is -0.352 e. The summed E-state index contributed by atoms with van der Waals surface area (Å²) in [5.41, 5.74) is 1.83. The highest BCUT2D eigenvalue weighted by Crippen LogP contribution is 2.18. The van der Waals surface area contributed by atoms with Crippen molar-refractivity contribution in [1.82, 2.24) is 25.1 Å². The van der Waals surface area contributed by atoms with Gasteiger partial charge in [0.1, 0.15) is 12.7 Å². The summed E-state index contributed by atoms with van der Waals surface area (Å²) in [6.07, 6.45) is 10.0. The largest absolute Gasteiger partial charge is 0.352 e. The maximum absolute atomic E-state index is 12.2. The van der Waals surface area contributed by atoms with Crippen LogP contribution in [0.25, 0.3) is 5.82 Å². The van der Waals surface area contributed by atoms with Crippen LogP contribution < -0.4 is 5.32 Å². The second-order valence-electron chi connectivity index (χ2n) is 5.47. The van der Waals surface area contributed by atoms with E-state index >= 15 is 0 Å². The normalized spacial score (nSPS) is 17.4. The molecular weight excluding hydrogens is 278 g/mol. The van der Waals surface area contributed by atoms with E-state index in [1.54, 1.807) is 11.0 Å². The van der Waals surface area contributed by atoms with Gasteiger partial charge in [0, 0.05) is 23.7 Å². The quantitative estimate of drug-likeness (QED) is 0.875. The fourth-order valence-corrected chi connectivity index (χ4v) is 2.58. The van der Waals surface area contributed by atoms with Crippen molar-refractivity contribution in [2.75, 3.05) is 0 Å². The molecule has 0 fully saturated rings. The standard InChI is InChI=1S/C16H19N5O/c1-12-7-8-14(15(20-12)21-11-17-10-19-21)9-18-16(22)13-5-3-2-4-6-13/h2-3,7-8,10-11,13H,4-6,9H2,1H3,(H,18,22)/t13-/m0/s1. The average Bonchev–Trinajstić information content (AvgIpc) is 3.08. The summed E-state index contributed by atoms with van der Waals surface area (Å²) in [6, 6.07) is 3.91. The number of nitrogens with one attached hydrogen (secondary N) is 1. The number of carbonyl (C=O) groups is 1. The summed E-state index contributed by atoms with van der Waals surface area (Å²) >= 11 is 0. The lowest BCUT2D eigenvalue weighted by molar-refractivity contribution is -0.125. The number of pyridine rings is 1. The molecule has 1 amide bonds. The molecule has 22 heavy (non-hydrogen) atoms. The molecule has 114 valence electrons. The van der Waals surface area contributed by atoms with Crippen LogP contribution in [-0.2, 0) is 11.3 Å². The maximum Gasteiger partial charge on any atom is 0.223 e. The number of rotatable bonds is 4. The number of aryl methyl sites for hydroxylation is 1. The fraction of sp³-hybridized carbons (Fsp3) is 0.375. The van der Waals surface area contributed by atoms with Crippen molar-refractivity contribution in [2.24, 2.45) is 5.92 Å². The summed E-state index contributed by atoms with van der Waals surface area (Å²) in [7, 11) is 0. The van der Waals surface area contributed by atoms with Gasteiger partial charge in [0.05, 0.1) is 0 Å². The predicted octanol–water partition coefficient (Wildman–Crippen LogP) is 1.94. The van der Waals surface area contributed by atoms with E-state index in [9.17, 15) is 4.79 Å². The Hall–Kier alpha value is -2.50. The second-order valence-corrected chi connectivity index (χ2v) is 5.47. The van der Waals surface area contributed by atoms with Gasteiger partial charge in [-0.1, -0.05) is 18.2 Å². The molecule has 0 spiro atoms. The number of aromatic nitrogens is 4. The summed E-state index contributed by atoms with van der Waals surface area (Å²) < 4.78 is 1.62. The third kappa shape index (κ3) is 3.21. The zero-order valence-corrected chi connectivity index (χ0v) is 12.6. The maximum atomic E-state index is 12.2. The van der Waals surface area contributed by atoms with E-state index in [0.29, 0.717) is 12.4 Å². The minimum absolute atomic E-state index is 0.0817. The van der Waals surface area contributed by atoms with Crippen molar-refractivity contribution in [3.8, 4) is 5.82 Å². The SMILES string of the molecule is Cc1ccc(CNC(=O)[C@H]2CC=CCC2)c(-n2cncn2)n1. The lowest BCUT2D eigenvalue weighted by Crippen LogP contribution is -2.31. The van der Waals surface area contributed by atoms with E-state index in [-0.39, 0.29) is 11.8 Å². The molecule has 0 aromatic carbocycles. The molecule has 2 heterocycles. The molecular formula is C16H19N5O. The summed E-state index contributed by atoms with van der Waals surface area (Å²) in [4.78, 5) is 20.7. The van der Waals surface area contributed by atoms with Crippen LogP contribution in [-0.4, -0.2) is 25.7 Å². The summed E-state index contributed by atoms with van der Waals surface area (Å²) in [6.45, 7) is 2.37. The van der Waals surface area contributed by atoms with Crippen LogP contribution in [0.3, 0.4) is 0 Å². The molecule has 0 saturated heterocycles. The van der Waals surface area contributed by atoms with Crippen LogP contribution in [0.4, 0.5) is 0 Å². The first kappa shape index (κ1) is 14.4. The van der Waals surface area contributed by atoms with E-state index in [2.05, 4.69) is 32.5 Å². The molecule has 2 aromatic heterocycles. The van der Waals surface area contributed by atoms with Crippen molar-refractivity contribution >= 4 is 5.91 Å². The van der Waals surface area contributed by atoms with Crippen molar-refractivity contribution in [1.29, 1.82) is 0 Å². The molecule has 0 unspecified atom stereocenters. The topological polar surface area (TPSA) is 72.7 Å². The van der Waals surface area contributed by atoms with Crippen LogP contribution in [0.5, 0.6) is 0 Å². The van der Waals surface area contributed by atoms with Gasteiger partial charge in [-0.15, -0.1) is 0 Å². The zero-order chi connectivity index (χ0) is 15.4. The number of amides is 1. The Kier molecular flexibility index (Phi) is 4.27. The molecule has 1 aliphatic rings. The second kappa shape index (κ2) is 6.51. The monoisotopic (exact) mass is 297 g/mol. The summed E-state index contributed by atoms with van der Waals surface area (Å²) in [5.74, 6) is 0.897.